The number of imidazole rings is 2. The van der Waals surface area contributed by atoms with E-state index in [0.29, 0.717) is 16.4 Å². The van der Waals surface area contributed by atoms with Crippen molar-refractivity contribution in [3.05, 3.63) is 60.9 Å². The van der Waals surface area contributed by atoms with Gasteiger partial charge in [0.15, 0.2) is 16.8 Å². The first-order valence-electron chi connectivity index (χ1n) is 9.71. The summed E-state index contributed by atoms with van der Waals surface area (Å²) in [7, 11) is 3.11. The lowest BCUT2D eigenvalue weighted by Gasteiger charge is -2.29. The minimum absolute atomic E-state index is 0.0845. The van der Waals surface area contributed by atoms with Crippen molar-refractivity contribution >= 4 is 22.4 Å². The second-order valence-electron chi connectivity index (χ2n) is 7.37. The molecule has 1 amide bonds. The molecule has 0 bridgehead atoms. The SMILES string of the molecule is Cn1ccnc1-c1sc(NC(=O)CC(O)(c2nccn2C)C(F)(F)F)nc1-c1ccccc1. The third-order valence-corrected chi connectivity index (χ3v) is 5.99. The molecule has 0 radical (unpaired) electrons. The highest BCUT2D eigenvalue weighted by Crippen LogP contribution is 2.42. The number of carbonyl (C=O) groups excluding carboxylic acids is 1. The number of halogens is 3. The van der Waals surface area contributed by atoms with Gasteiger partial charge in [0.1, 0.15) is 0 Å². The van der Waals surface area contributed by atoms with E-state index in [9.17, 15) is 23.1 Å². The van der Waals surface area contributed by atoms with Crippen LogP contribution in [-0.2, 0) is 24.5 Å². The average Bonchev–Trinajstić information content (AvgIpc) is 3.47. The van der Waals surface area contributed by atoms with E-state index < -0.39 is 29.9 Å². The fourth-order valence-electron chi connectivity index (χ4n) is 3.37. The number of aliphatic hydroxyl groups is 1. The van der Waals surface area contributed by atoms with E-state index in [1.807, 2.05) is 30.3 Å². The van der Waals surface area contributed by atoms with Crippen LogP contribution < -0.4 is 5.32 Å². The molecule has 2 N–H and O–H groups in total. The first-order chi connectivity index (χ1) is 15.6. The number of alkyl halides is 3. The van der Waals surface area contributed by atoms with Crippen LogP contribution in [0.1, 0.15) is 12.2 Å². The first-order valence-corrected chi connectivity index (χ1v) is 10.5. The van der Waals surface area contributed by atoms with Crippen molar-refractivity contribution in [3.63, 3.8) is 0 Å². The highest BCUT2D eigenvalue weighted by atomic mass is 32.1. The van der Waals surface area contributed by atoms with Gasteiger partial charge in [0.25, 0.3) is 0 Å². The minimum atomic E-state index is -5.13. The van der Waals surface area contributed by atoms with Gasteiger partial charge in [0.05, 0.1) is 17.0 Å². The standard InChI is InChI=1S/C21H19F3N6O2S/c1-29-10-8-25-17(29)16-15(13-6-4-3-5-7-13)28-19(33-16)27-14(31)12-20(32,21(22,23)24)18-26-9-11-30(18)2/h3-11,32H,12H2,1-2H3,(H,27,28,31). The summed E-state index contributed by atoms with van der Waals surface area (Å²) in [5.74, 6) is -1.15. The van der Waals surface area contributed by atoms with Gasteiger partial charge >= 0.3 is 6.18 Å². The Hall–Kier alpha value is -3.51. The van der Waals surface area contributed by atoms with Crippen LogP contribution in [0.25, 0.3) is 22.0 Å². The molecule has 0 aliphatic heterocycles. The van der Waals surface area contributed by atoms with Crippen molar-refractivity contribution < 1.29 is 23.1 Å². The van der Waals surface area contributed by atoms with E-state index in [1.54, 1.807) is 24.0 Å². The van der Waals surface area contributed by atoms with Crippen LogP contribution in [-0.4, -0.2) is 41.3 Å². The number of nitrogens with one attached hydrogen (secondary N) is 1. The summed E-state index contributed by atoms with van der Waals surface area (Å²) in [5.41, 5.74) is -2.18. The van der Waals surface area contributed by atoms with Crippen LogP contribution in [0.5, 0.6) is 0 Å². The summed E-state index contributed by atoms with van der Waals surface area (Å²) >= 11 is 1.08. The van der Waals surface area contributed by atoms with Gasteiger partial charge in [-0.15, -0.1) is 0 Å². The molecule has 12 heteroatoms. The minimum Gasteiger partial charge on any atom is -0.374 e. The topological polar surface area (TPSA) is 97.9 Å². The molecule has 0 saturated carbocycles. The zero-order valence-electron chi connectivity index (χ0n) is 17.5. The largest absolute Gasteiger partial charge is 0.425 e. The summed E-state index contributed by atoms with van der Waals surface area (Å²) in [4.78, 5) is 25.6. The van der Waals surface area contributed by atoms with E-state index in [0.717, 1.165) is 27.7 Å². The van der Waals surface area contributed by atoms with Gasteiger partial charge in [0, 0.05) is 44.4 Å². The van der Waals surface area contributed by atoms with Gasteiger partial charge in [-0.1, -0.05) is 41.7 Å². The van der Waals surface area contributed by atoms with Crippen LogP contribution in [0, 0.1) is 0 Å². The van der Waals surface area contributed by atoms with E-state index in [-0.39, 0.29) is 5.13 Å². The predicted molar refractivity (Wildman–Crippen MR) is 116 cm³/mol. The number of anilines is 1. The van der Waals surface area contributed by atoms with Gasteiger partial charge in [-0.25, -0.2) is 15.0 Å². The number of thiazole rings is 1. The maximum absolute atomic E-state index is 13.8. The fraction of sp³-hybridized carbons (Fsp3) is 0.238. The molecular weight excluding hydrogens is 457 g/mol. The molecule has 0 aliphatic carbocycles. The molecule has 3 aromatic heterocycles. The third kappa shape index (κ3) is 4.26. The monoisotopic (exact) mass is 476 g/mol. The predicted octanol–water partition coefficient (Wildman–Crippen LogP) is 3.72. The summed E-state index contributed by atoms with van der Waals surface area (Å²) in [6.07, 6.45) is -0.665. The number of hydrogen-bond acceptors (Lipinski definition) is 6. The lowest BCUT2D eigenvalue weighted by Crippen LogP contribution is -2.46. The Bertz CT molecular complexity index is 1280. The Morgan fingerprint density at radius 2 is 1.76 bits per heavy atom. The van der Waals surface area contributed by atoms with Crippen molar-refractivity contribution in [2.75, 3.05) is 5.32 Å². The van der Waals surface area contributed by atoms with Crippen LogP contribution in [0.2, 0.25) is 0 Å². The number of rotatable bonds is 6. The molecular formula is C21H19F3N6O2S. The quantitative estimate of drug-likeness (QED) is 0.442. The number of amides is 1. The van der Waals surface area contributed by atoms with Crippen LogP contribution in [0.15, 0.2) is 55.1 Å². The molecule has 1 atom stereocenters. The Kier molecular flexibility index (Phi) is 5.80. The Morgan fingerprint density at radius 1 is 1.09 bits per heavy atom. The smallest absolute Gasteiger partial charge is 0.374 e. The second kappa shape index (κ2) is 8.45. The average molecular weight is 476 g/mol. The zero-order chi connectivity index (χ0) is 23.8. The number of aromatic nitrogens is 5. The Balaban J connectivity index is 1.67. The van der Waals surface area contributed by atoms with Gasteiger partial charge in [-0.05, 0) is 0 Å². The van der Waals surface area contributed by atoms with Gasteiger partial charge in [0.2, 0.25) is 11.5 Å². The number of hydrogen-bond donors (Lipinski definition) is 2. The molecule has 33 heavy (non-hydrogen) atoms. The van der Waals surface area contributed by atoms with E-state index >= 15 is 0 Å². The number of aryl methyl sites for hydroxylation is 2. The molecule has 4 aromatic rings. The van der Waals surface area contributed by atoms with E-state index in [1.165, 1.54) is 13.2 Å². The molecule has 1 unspecified atom stereocenters. The van der Waals surface area contributed by atoms with Crippen molar-refractivity contribution in [3.8, 4) is 22.0 Å². The van der Waals surface area contributed by atoms with Crippen molar-refractivity contribution in [1.29, 1.82) is 0 Å². The number of carbonyl (C=O) groups is 1. The molecule has 4 rings (SSSR count). The highest BCUT2D eigenvalue weighted by Gasteiger charge is 2.58. The van der Waals surface area contributed by atoms with Gasteiger partial charge in [-0.3, -0.25) is 4.79 Å². The van der Waals surface area contributed by atoms with Crippen molar-refractivity contribution in [1.82, 2.24) is 24.1 Å². The molecule has 172 valence electrons. The van der Waals surface area contributed by atoms with Crippen molar-refractivity contribution in [2.24, 2.45) is 14.1 Å². The van der Waals surface area contributed by atoms with Crippen LogP contribution in [0.4, 0.5) is 18.3 Å². The molecule has 1 aromatic carbocycles. The molecule has 0 fully saturated rings. The van der Waals surface area contributed by atoms with Crippen LogP contribution >= 0.6 is 11.3 Å². The molecule has 0 saturated heterocycles. The third-order valence-electron chi connectivity index (χ3n) is 5.02. The van der Waals surface area contributed by atoms with Crippen molar-refractivity contribution in [2.45, 2.75) is 18.2 Å². The summed E-state index contributed by atoms with van der Waals surface area (Å²) in [6, 6.07) is 9.15. The maximum atomic E-state index is 13.8. The van der Waals surface area contributed by atoms with Gasteiger partial charge in [-0.2, -0.15) is 13.2 Å². The summed E-state index contributed by atoms with van der Waals surface area (Å²) in [6.45, 7) is 0. The molecule has 8 nitrogen and oxygen atoms in total. The zero-order valence-corrected chi connectivity index (χ0v) is 18.4. The second-order valence-corrected chi connectivity index (χ2v) is 8.37. The fourth-order valence-corrected chi connectivity index (χ4v) is 4.41. The van der Waals surface area contributed by atoms with Crippen LogP contribution in [0.3, 0.4) is 0 Å². The normalized spacial score (nSPS) is 13.6. The molecule has 0 spiro atoms. The maximum Gasteiger partial charge on any atom is 0.425 e. The Labute approximate surface area is 190 Å². The summed E-state index contributed by atoms with van der Waals surface area (Å²) < 4.78 is 44.1. The Morgan fingerprint density at radius 3 is 2.33 bits per heavy atom. The lowest BCUT2D eigenvalue weighted by molar-refractivity contribution is -0.270. The van der Waals surface area contributed by atoms with Gasteiger partial charge < -0.3 is 19.6 Å². The molecule has 3 heterocycles. The van der Waals surface area contributed by atoms with E-state index in [2.05, 4.69) is 20.3 Å². The highest BCUT2D eigenvalue weighted by molar-refractivity contribution is 7.19. The lowest BCUT2D eigenvalue weighted by atomic mass is 9.97. The summed E-state index contributed by atoms with van der Waals surface area (Å²) in [5, 5.41) is 12.9. The first kappa shape index (κ1) is 22.7. The van der Waals surface area contributed by atoms with E-state index in [4.69, 9.17) is 0 Å². The number of benzene rings is 1. The molecule has 0 aliphatic rings. The number of nitrogens with zero attached hydrogens (tertiary/aromatic N) is 5.